The van der Waals surface area contributed by atoms with Gasteiger partial charge in [0.2, 0.25) is 0 Å². The van der Waals surface area contributed by atoms with Gasteiger partial charge in [-0.05, 0) is 31.1 Å². The molecular formula is C13H26N2O2S2. The topological polar surface area (TPSA) is 63.4 Å². The van der Waals surface area contributed by atoms with Crippen molar-refractivity contribution in [1.82, 2.24) is 4.90 Å². The van der Waals surface area contributed by atoms with Crippen molar-refractivity contribution in [1.29, 1.82) is 0 Å². The Morgan fingerprint density at radius 3 is 2.53 bits per heavy atom. The molecule has 112 valence electrons. The van der Waals surface area contributed by atoms with Crippen LogP contribution in [0.3, 0.4) is 0 Å². The van der Waals surface area contributed by atoms with Crippen molar-refractivity contribution in [3.8, 4) is 0 Å². The molecule has 2 atom stereocenters. The molecule has 0 radical (unpaired) electrons. The third-order valence-corrected chi connectivity index (χ3v) is 8.03. The minimum absolute atomic E-state index is 0.0447. The summed E-state index contributed by atoms with van der Waals surface area (Å²) in [4.78, 5) is 2.28. The maximum Gasteiger partial charge on any atom is 0.151 e. The first-order valence-electron chi connectivity index (χ1n) is 6.91. The summed E-state index contributed by atoms with van der Waals surface area (Å²) in [5.41, 5.74) is 6.32. The highest BCUT2D eigenvalue weighted by molar-refractivity contribution is 7.99. The lowest BCUT2D eigenvalue weighted by molar-refractivity contribution is 0.0635. The van der Waals surface area contributed by atoms with Gasteiger partial charge in [-0.2, -0.15) is 11.8 Å². The molecule has 2 heterocycles. The van der Waals surface area contributed by atoms with Crippen molar-refractivity contribution in [2.24, 2.45) is 11.1 Å². The van der Waals surface area contributed by atoms with Crippen LogP contribution in [0.15, 0.2) is 0 Å². The van der Waals surface area contributed by atoms with Crippen molar-refractivity contribution >= 4 is 21.6 Å². The Labute approximate surface area is 121 Å². The normalized spacial score (nSPS) is 37.6. The van der Waals surface area contributed by atoms with Gasteiger partial charge in [0.15, 0.2) is 9.84 Å². The fourth-order valence-corrected chi connectivity index (χ4v) is 6.81. The zero-order chi connectivity index (χ0) is 14.3. The number of nitrogens with zero attached hydrogens (tertiary/aromatic N) is 1. The Kier molecular flexibility index (Phi) is 4.27. The first-order chi connectivity index (χ1) is 8.70. The van der Waals surface area contributed by atoms with Crippen LogP contribution in [0.1, 0.15) is 26.7 Å². The molecule has 0 saturated carbocycles. The van der Waals surface area contributed by atoms with E-state index in [1.54, 1.807) is 0 Å². The van der Waals surface area contributed by atoms with Crippen LogP contribution in [0.2, 0.25) is 0 Å². The van der Waals surface area contributed by atoms with Crippen molar-refractivity contribution in [2.45, 2.75) is 38.3 Å². The van der Waals surface area contributed by atoms with E-state index in [0.29, 0.717) is 18.1 Å². The SMILES string of the molecule is CN(C1CCS(=O)(=O)C1)C1(CN)CSCC(C)(C)C1. The van der Waals surface area contributed by atoms with E-state index in [1.165, 1.54) is 0 Å². The molecule has 19 heavy (non-hydrogen) atoms. The van der Waals surface area contributed by atoms with Crippen LogP contribution in [0, 0.1) is 5.41 Å². The predicted octanol–water partition coefficient (Wildman–Crippen LogP) is 0.966. The molecule has 2 N–H and O–H groups in total. The number of rotatable bonds is 3. The molecule has 0 aromatic rings. The van der Waals surface area contributed by atoms with Crippen LogP contribution < -0.4 is 5.73 Å². The van der Waals surface area contributed by atoms with E-state index >= 15 is 0 Å². The Morgan fingerprint density at radius 1 is 1.37 bits per heavy atom. The van der Waals surface area contributed by atoms with Gasteiger partial charge >= 0.3 is 0 Å². The van der Waals surface area contributed by atoms with E-state index in [1.807, 2.05) is 11.8 Å². The molecule has 4 nitrogen and oxygen atoms in total. The molecule has 6 heteroatoms. The van der Waals surface area contributed by atoms with Crippen LogP contribution >= 0.6 is 11.8 Å². The van der Waals surface area contributed by atoms with Gasteiger partial charge in [0.05, 0.1) is 11.5 Å². The van der Waals surface area contributed by atoms with Crippen LogP contribution in [0.25, 0.3) is 0 Å². The summed E-state index contributed by atoms with van der Waals surface area (Å²) in [6, 6.07) is 0.142. The van der Waals surface area contributed by atoms with Crippen molar-refractivity contribution in [3.63, 3.8) is 0 Å². The maximum absolute atomic E-state index is 11.7. The van der Waals surface area contributed by atoms with Gasteiger partial charge in [0.1, 0.15) is 0 Å². The summed E-state index contributed by atoms with van der Waals surface area (Å²) in [7, 11) is -0.762. The van der Waals surface area contributed by atoms with E-state index in [-0.39, 0.29) is 17.0 Å². The molecule has 0 amide bonds. The highest BCUT2D eigenvalue weighted by atomic mass is 32.2. The quantitative estimate of drug-likeness (QED) is 0.841. The fraction of sp³-hybridized carbons (Fsp3) is 1.00. The highest BCUT2D eigenvalue weighted by Crippen LogP contribution is 2.42. The predicted molar refractivity (Wildman–Crippen MR) is 82.3 cm³/mol. The number of hydrogen-bond acceptors (Lipinski definition) is 5. The van der Waals surface area contributed by atoms with Gasteiger partial charge in [-0.25, -0.2) is 8.42 Å². The molecule has 2 saturated heterocycles. The Morgan fingerprint density at radius 2 is 2.05 bits per heavy atom. The van der Waals surface area contributed by atoms with E-state index in [0.717, 1.165) is 24.3 Å². The standard InChI is InChI=1S/C13H26N2O2S2/c1-12(2)7-13(8-14,10-18-9-12)15(3)11-4-5-19(16,17)6-11/h11H,4-10,14H2,1-3H3. The molecule has 0 bridgehead atoms. The molecular weight excluding hydrogens is 280 g/mol. The third kappa shape index (κ3) is 3.28. The van der Waals surface area contributed by atoms with Crippen molar-refractivity contribution < 1.29 is 8.42 Å². The zero-order valence-electron chi connectivity index (χ0n) is 12.2. The number of hydrogen-bond donors (Lipinski definition) is 1. The van der Waals surface area contributed by atoms with Gasteiger partial charge in [-0.3, -0.25) is 4.90 Å². The molecule has 2 aliphatic rings. The Hall–Kier alpha value is 0.220. The first kappa shape index (κ1) is 15.6. The molecule has 2 aliphatic heterocycles. The van der Waals surface area contributed by atoms with Gasteiger partial charge in [-0.1, -0.05) is 13.8 Å². The summed E-state index contributed by atoms with van der Waals surface area (Å²) >= 11 is 1.95. The van der Waals surface area contributed by atoms with E-state index in [9.17, 15) is 8.42 Å². The third-order valence-electron chi connectivity index (χ3n) is 4.56. The smallest absolute Gasteiger partial charge is 0.151 e. The first-order valence-corrected chi connectivity index (χ1v) is 9.89. The van der Waals surface area contributed by atoms with Gasteiger partial charge in [0.25, 0.3) is 0 Å². The zero-order valence-corrected chi connectivity index (χ0v) is 13.8. The van der Waals surface area contributed by atoms with Crippen molar-refractivity contribution in [2.75, 3.05) is 36.6 Å². The summed E-state index contributed by atoms with van der Waals surface area (Å²) in [5, 5.41) is 0. The number of thioether (sulfide) groups is 1. The Bertz CT molecular complexity index is 436. The summed E-state index contributed by atoms with van der Waals surface area (Å²) in [6.45, 7) is 5.17. The molecule has 2 fully saturated rings. The molecule has 2 rings (SSSR count). The average molecular weight is 306 g/mol. The lowest BCUT2D eigenvalue weighted by Crippen LogP contribution is -2.61. The van der Waals surface area contributed by atoms with E-state index in [4.69, 9.17) is 5.73 Å². The lowest BCUT2D eigenvalue weighted by Gasteiger charge is -2.51. The molecule has 0 aromatic carbocycles. The second-order valence-corrected chi connectivity index (χ2v) is 10.1. The molecule has 2 unspecified atom stereocenters. The van der Waals surface area contributed by atoms with Crippen LogP contribution in [0.5, 0.6) is 0 Å². The lowest BCUT2D eigenvalue weighted by atomic mass is 9.78. The van der Waals surface area contributed by atoms with Crippen LogP contribution in [-0.4, -0.2) is 61.5 Å². The van der Waals surface area contributed by atoms with Crippen molar-refractivity contribution in [3.05, 3.63) is 0 Å². The second kappa shape index (κ2) is 5.20. The number of sulfone groups is 1. The largest absolute Gasteiger partial charge is 0.329 e. The molecule has 0 aliphatic carbocycles. The highest BCUT2D eigenvalue weighted by Gasteiger charge is 2.46. The summed E-state index contributed by atoms with van der Waals surface area (Å²) in [6.07, 6.45) is 1.81. The van der Waals surface area contributed by atoms with Gasteiger partial charge in [-0.15, -0.1) is 0 Å². The van der Waals surface area contributed by atoms with Crippen LogP contribution in [-0.2, 0) is 9.84 Å². The monoisotopic (exact) mass is 306 g/mol. The minimum atomic E-state index is -2.83. The minimum Gasteiger partial charge on any atom is -0.329 e. The maximum atomic E-state index is 11.7. The van der Waals surface area contributed by atoms with Gasteiger partial charge < -0.3 is 5.73 Å². The molecule has 0 spiro atoms. The number of likely N-dealkylation sites (N-methyl/N-ethyl adjacent to an activating group) is 1. The summed E-state index contributed by atoms with van der Waals surface area (Å²) in [5.74, 6) is 2.81. The fourth-order valence-electron chi connectivity index (χ4n) is 3.48. The number of nitrogens with two attached hydrogens (primary N) is 1. The van der Waals surface area contributed by atoms with Gasteiger partial charge in [0, 0.05) is 23.9 Å². The average Bonchev–Trinajstić information content (AvgIpc) is 2.67. The summed E-state index contributed by atoms with van der Waals surface area (Å²) < 4.78 is 23.4. The van der Waals surface area contributed by atoms with E-state index in [2.05, 4.69) is 25.8 Å². The van der Waals surface area contributed by atoms with Crippen LogP contribution in [0.4, 0.5) is 0 Å². The Balaban J connectivity index is 2.17. The van der Waals surface area contributed by atoms with E-state index < -0.39 is 9.84 Å². The molecule has 0 aromatic heterocycles. The second-order valence-electron chi connectivity index (χ2n) is 6.93.